The van der Waals surface area contributed by atoms with Crippen LogP contribution in [0.1, 0.15) is 0 Å². The molecule has 0 unspecified atom stereocenters. The lowest BCUT2D eigenvalue weighted by atomic mass is 10.6. The third kappa shape index (κ3) is 6.07. The van der Waals surface area contributed by atoms with Crippen molar-refractivity contribution in [3.8, 4) is 0 Å². The fourth-order valence-corrected chi connectivity index (χ4v) is 0.759. The van der Waals surface area contributed by atoms with Gasteiger partial charge in [-0.05, 0) is 0 Å². The van der Waals surface area contributed by atoms with Crippen molar-refractivity contribution < 1.29 is 30.7 Å². The molecule has 0 aliphatic heterocycles. The van der Waals surface area contributed by atoms with E-state index in [0.29, 0.717) is 0 Å². The summed E-state index contributed by atoms with van der Waals surface area (Å²) in [6, 6.07) is 0. The molecule has 0 saturated carbocycles. The lowest BCUT2D eigenvalue weighted by Gasteiger charge is -2.08. The van der Waals surface area contributed by atoms with E-state index < -0.39 is 15.6 Å². The Morgan fingerprint density at radius 2 is 2.00 bits per heavy atom. The number of alkyl halides is 3. The molecule has 0 N–H and O–H groups in total. The average molecular weight is 272 g/mol. The second-order valence-electron chi connectivity index (χ2n) is 2.96. The molecule has 0 fully saturated rings. The maximum atomic E-state index is 10.7. The van der Waals surface area contributed by atoms with Gasteiger partial charge < -0.3 is 4.55 Å². The van der Waals surface area contributed by atoms with Gasteiger partial charge in [-0.1, -0.05) is 12.7 Å². The van der Waals surface area contributed by atoms with E-state index in [1.54, 1.807) is 0 Å². The van der Waals surface area contributed by atoms with Crippen molar-refractivity contribution in [3.05, 3.63) is 31.4 Å². The molecule has 0 aromatic carbocycles. The Balaban J connectivity index is 0.000000304. The Morgan fingerprint density at radius 3 is 2.24 bits per heavy atom. The van der Waals surface area contributed by atoms with Crippen LogP contribution < -0.4 is 4.57 Å². The first-order valence-corrected chi connectivity index (χ1v) is 5.63. The van der Waals surface area contributed by atoms with Gasteiger partial charge in [0, 0.05) is 0 Å². The minimum absolute atomic E-state index is 0.890. The van der Waals surface area contributed by atoms with Gasteiger partial charge >= 0.3 is 5.51 Å². The summed E-state index contributed by atoms with van der Waals surface area (Å²) in [7, 11) is -4.09. The first-order valence-electron chi connectivity index (χ1n) is 4.22. The Hall–Kier alpha value is -1.35. The molecule has 1 heterocycles. The first-order chi connectivity index (χ1) is 7.58. The van der Waals surface area contributed by atoms with E-state index in [4.69, 9.17) is 13.0 Å². The number of hydrogen-bond acceptors (Lipinski definition) is 3. The van der Waals surface area contributed by atoms with E-state index >= 15 is 0 Å². The molecule has 1 aromatic rings. The zero-order valence-electron chi connectivity index (χ0n) is 8.88. The van der Waals surface area contributed by atoms with Crippen LogP contribution in [0.15, 0.2) is 31.4 Å². The van der Waals surface area contributed by atoms with Gasteiger partial charge in [0.1, 0.15) is 18.9 Å². The van der Waals surface area contributed by atoms with Crippen molar-refractivity contribution in [2.45, 2.75) is 12.1 Å². The Bertz CT molecular complexity index is 465. The Kier molecular flexibility index (Phi) is 5.36. The van der Waals surface area contributed by atoms with Crippen LogP contribution in [0.3, 0.4) is 0 Å². The van der Waals surface area contributed by atoms with E-state index in [-0.39, 0.29) is 0 Å². The van der Waals surface area contributed by atoms with Gasteiger partial charge in [-0.15, -0.1) is 0 Å². The molecule has 0 atom stereocenters. The Morgan fingerprint density at radius 1 is 1.53 bits per heavy atom. The van der Waals surface area contributed by atoms with Crippen molar-refractivity contribution in [1.29, 1.82) is 0 Å². The molecular weight excluding hydrogens is 261 g/mol. The van der Waals surface area contributed by atoms with Crippen LogP contribution in [0.5, 0.6) is 0 Å². The van der Waals surface area contributed by atoms with E-state index in [2.05, 4.69) is 11.1 Å². The molecule has 1 aromatic heterocycles. The number of aromatic nitrogens is 2. The molecule has 0 amide bonds. The zero-order chi connectivity index (χ0) is 13.7. The van der Waals surface area contributed by atoms with Crippen LogP contribution >= 0.6 is 0 Å². The van der Waals surface area contributed by atoms with Crippen molar-refractivity contribution in [1.82, 2.24) is 4.57 Å². The van der Waals surface area contributed by atoms with Gasteiger partial charge in [-0.3, -0.25) is 0 Å². The highest BCUT2D eigenvalue weighted by Gasteiger charge is 2.36. The summed E-state index contributed by atoms with van der Waals surface area (Å²) in [6.45, 7) is 4.52. The maximum Gasteiger partial charge on any atom is 0.485 e. The highest BCUT2D eigenvalue weighted by atomic mass is 32.2. The lowest BCUT2D eigenvalue weighted by molar-refractivity contribution is -0.686. The van der Waals surface area contributed by atoms with Gasteiger partial charge in [0.05, 0.1) is 7.05 Å². The van der Waals surface area contributed by atoms with Gasteiger partial charge in [-0.2, -0.15) is 13.2 Å². The zero-order valence-corrected chi connectivity index (χ0v) is 9.70. The number of allylic oxidation sites excluding steroid dienone is 1. The topological polar surface area (TPSA) is 66.0 Å². The lowest BCUT2D eigenvalue weighted by Crippen LogP contribution is -2.29. The molecule has 0 bridgehead atoms. The second kappa shape index (κ2) is 5.82. The second-order valence-corrected chi connectivity index (χ2v) is 4.34. The fraction of sp³-hybridized carbons (Fsp3) is 0.375. The SMILES string of the molecule is C=CC[n+]1ccn(C)c1.O=S(=O)([O-])C(F)(F)F. The molecule has 98 valence electrons. The van der Waals surface area contributed by atoms with Gasteiger partial charge in [0.25, 0.3) is 0 Å². The third-order valence-corrected chi connectivity index (χ3v) is 2.01. The van der Waals surface area contributed by atoms with Crippen LogP contribution in [0.25, 0.3) is 0 Å². The summed E-state index contributed by atoms with van der Waals surface area (Å²) < 4.78 is 63.0. The summed E-state index contributed by atoms with van der Waals surface area (Å²) >= 11 is 0. The van der Waals surface area contributed by atoms with E-state index in [1.807, 2.05) is 36.4 Å². The molecule has 1 rings (SSSR count). The van der Waals surface area contributed by atoms with Crippen LogP contribution in [0.4, 0.5) is 13.2 Å². The van der Waals surface area contributed by atoms with Crippen molar-refractivity contribution in [3.63, 3.8) is 0 Å². The molecule has 0 spiro atoms. The van der Waals surface area contributed by atoms with Crippen molar-refractivity contribution >= 4 is 10.1 Å². The van der Waals surface area contributed by atoms with Gasteiger partial charge in [0.15, 0.2) is 10.1 Å². The molecule has 0 saturated heterocycles. The number of halogens is 3. The monoisotopic (exact) mass is 272 g/mol. The number of nitrogens with zero attached hydrogens (tertiary/aromatic N) is 2. The predicted octanol–water partition coefficient (Wildman–Crippen LogP) is 0.550. The van der Waals surface area contributed by atoms with Crippen LogP contribution in [-0.4, -0.2) is 23.0 Å². The van der Waals surface area contributed by atoms with Crippen LogP contribution in [-0.2, 0) is 23.7 Å². The number of aryl methyl sites for hydroxylation is 1. The molecule has 0 radical (unpaired) electrons. The smallest absolute Gasteiger partial charge is 0.485 e. The summed E-state index contributed by atoms with van der Waals surface area (Å²) in [4.78, 5) is 0. The third-order valence-electron chi connectivity index (χ3n) is 1.45. The summed E-state index contributed by atoms with van der Waals surface area (Å²) in [5.41, 5.74) is -5.65. The average Bonchev–Trinajstić information content (AvgIpc) is 2.49. The van der Waals surface area contributed by atoms with Crippen LogP contribution in [0, 0.1) is 0 Å². The molecule has 0 aliphatic carbocycles. The highest BCUT2D eigenvalue weighted by Crippen LogP contribution is 2.20. The maximum absolute atomic E-state index is 10.7. The fourth-order valence-electron chi connectivity index (χ4n) is 0.759. The van der Waals surface area contributed by atoms with E-state index in [1.165, 1.54) is 0 Å². The quantitative estimate of drug-likeness (QED) is 0.342. The number of imidazole rings is 1. The predicted molar refractivity (Wildman–Crippen MR) is 51.6 cm³/mol. The highest BCUT2D eigenvalue weighted by molar-refractivity contribution is 7.86. The van der Waals surface area contributed by atoms with E-state index in [9.17, 15) is 13.2 Å². The summed E-state index contributed by atoms with van der Waals surface area (Å²) in [5, 5.41) is 0. The van der Waals surface area contributed by atoms with Gasteiger partial charge in [-0.25, -0.2) is 17.6 Å². The number of hydrogen-bond donors (Lipinski definition) is 0. The molecular formula is C8H11F3N2O3S. The normalized spacial score (nSPS) is 11.6. The van der Waals surface area contributed by atoms with Crippen molar-refractivity contribution in [2.75, 3.05) is 0 Å². The molecule has 5 nitrogen and oxygen atoms in total. The van der Waals surface area contributed by atoms with E-state index in [0.717, 1.165) is 6.54 Å². The standard InChI is InChI=1S/C7H11N2.CHF3O3S/c1-3-4-9-6-5-8(2)7-9;2-1(3,4)8(5,6)7/h3,5-7H,1,4H2,2H3;(H,5,6,7)/q+1;/p-1. The largest absolute Gasteiger partial charge is 0.741 e. The summed E-state index contributed by atoms with van der Waals surface area (Å²) in [5.74, 6) is 0. The minimum atomic E-state index is -6.09. The minimum Gasteiger partial charge on any atom is -0.741 e. The first kappa shape index (κ1) is 15.6. The van der Waals surface area contributed by atoms with Crippen molar-refractivity contribution in [2.24, 2.45) is 7.05 Å². The van der Waals surface area contributed by atoms with Crippen LogP contribution in [0.2, 0.25) is 0 Å². The molecule has 9 heteroatoms. The molecule has 0 aliphatic rings. The number of rotatable bonds is 2. The Labute approximate surface area is 96.5 Å². The van der Waals surface area contributed by atoms with Gasteiger partial charge in [0.2, 0.25) is 6.33 Å². The summed E-state index contributed by atoms with van der Waals surface area (Å²) in [6.07, 6.45) is 7.91. The molecule has 17 heavy (non-hydrogen) atoms.